The van der Waals surface area contributed by atoms with Crippen molar-refractivity contribution in [3.8, 4) is 23.0 Å². The Balaban J connectivity index is 1.49. The van der Waals surface area contributed by atoms with Crippen molar-refractivity contribution in [2.24, 2.45) is 0 Å². The Kier molecular flexibility index (Phi) is 4.67. The highest BCUT2D eigenvalue weighted by atomic mass is 19.1. The number of amides is 1. The van der Waals surface area contributed by atoms with Crippen LogP contribution in [0.1, 0.15) is 5.82 Å². The molecule has 7 nitrogen and oxygen atoms in total. The van der Waals surface area contributed by atoms with E-state index in [1.54, 1.807) is 23.8 Å². The third kappa shape index (κ3) is 3.80. The van der Waals surface area contributed by atoms with Gasteiger partial charge in [-0.1, -0.05) is 29.4 Å². The summed E-state index contributed by atoms with van der Waals surface area (Å²) in [7, 11) is 0. The van der Waals surface area contributed by atoms with E-state index in [1.807, 2.05) is 30.3 Å². The highest BCUT2D eigenvalue weighted by Crippen LogP contribution is 2.21. The van der Waals surface area contributed by atoms with Crippen LogP contribution < -0.4 is 5.32 Å². The Morgan fingerprint density at radius 1 is 1.14 bits per heavy atom. The Morgan fingerprint density at radius 2 is 1.96 bits per heavy atom. The van der Waals surface area contributed by atoms with E-state index < -0.39 is 5.82 Å². The molecule has 0 fully saturated rings. The number of halogens is 1. The Morgan fingerprint density at radius 3 is 2.75 bits per heavy atom. The van der Waals surface area contributed by atoms with Crippen molar-refractivity contribution in [2.75, 3.05) is 5.32 Å². The van der Waals surface area contributed by atoms with E-state index in [-0.39, 0.29) is 12.5 Å². The molecule has 0 aliphatic heterocycles. The van der Waals surface area contributed by atoms with E-state index >= 15 is 0 Å². The van der Waals surface area contributed by atoms with Crippen LogP contribution in [0.5, 0.6) is 0 Å². The minimum atomic E-state index is -0.412. The molecule has 2 heterocycles. The molecule has 0 atom stereocenters. The summed E-state index contributed by atoms with van der Waals surface area (Å²) in [5, 5.41) is 6.63. The molecule has 0 aliphatic rings. The molecule has 1 amide bonds. The number of anilines is 1. The second kappa shape index (κ2) is 7.43. The van der Waals surface area contributed by atoms with E-state index in [0.717, 1.165) is 5.56 Å². The van der Waals surface area contributed by atoms with Gasteiger partial charge in [-0.3, -0.25) is 4.79 Å². The number of hydrogen-bond donors (Lipinski definition) is 1. The summed E-state index contributed by atoms with van der Waals surface area (Å²) >= 11 is 0. The fraction of sp³-hybridized carbons (Fsp3) is 0.100. The molecule has 2 aromatic carbocycles. The predicted molar refractivity (Wildman–Crippen MR) is 101 cm³/mol. The summed E-state index contributed by atoms with van der Waals surface area (Å²) in [6.45, 7) is 1.80. The Bertz CT molecular complexity index is 1120. The first-order valence-corrected chi connectivity index (χ1v) is 8.57. The molecule has 0 bridgehead atoms. The van der Waals surface area contributed by atoms with Crippen molar-refractivity contribution in [3.05, 3.63) is 72.4 Å². The minimum absolute atomic E-state index is 0.0265. The maximum Gasteiger partial charge on any atom is 0.258 e. The highest BCUT2D eigenvalue weighted by Gasteiger charge is 2.15. The number of aryl methyl sites for hydroxylation is 1. The molecular formula is C20H16FN5O2. The van der Waals surface area contributed by atoms with Gasteiger partial charge in [0, 0.05) is 17.4 Å². The van der Waals surface area contributed by atoms with E-state index in [2.05, 4.69) is 20.4 Å². The third-order valence-electron chi connectivity index (χ3n) is 4.07. The number of benzene rings is 2. The highest BCUT2D eigenvalue weighted by molar-refractivity contribution is 5.90. The zero-order chi connectivity index (χ0) is 19.5. The van der Waals surface area contributed by atoms with Gasteiger partial charge in [-0.25, -0.2) is 9.37 Å². The predicted octanol–water partition coefficient (Wildman–Crippen LogP) is 3.69. The molecule has 0 spiro atoms. The van der Waals surface area contributed by atoms with Crippen LogP contribution in [0.2, 0.25) is 0 Å². The van der Waals surface area contributed by atoms with E-state index in [4.69, 9.17) is 4.52 Å². The van der Waals surface area contributed by atoms with E-state index in [9.17, 15) is 9.18 Å². The minimum Gasteiger partial charge on any atom is -0.334 e. The van der Waals surface area contributed by atoms with Gasteiger partial charge in [0.25, 0.3) is 5.89 Å². The summed E-state index contributed by atoms with van der Waals surface area (Å²) in [5.41, 5.74) is 1.71. The summed E-state index contributed by atoms with van der Waals surface area (Å²) in [6, 6.07) is 15.1. The molecule has 0 radical (unpaired) electrons. The number of hydrogen-bond acceptors (Lipinski definition) is 5. The standard InChI is InChI=1S/C20H16FN5O2/c1-13-22-17(19-24-20(28-25-19)14-6-3-2-4-7-14)11-26(13)12-18(27)23-16-9-5-8-15(21)10-16/h2-11H,12H2,1H3,(H,23,27). The van der Waals surface area contributed by atoms with Gasteiger partial charge in [-0.2, -0.15) is 4.98 Å². The van der Waals surface area contributed by atoms with Crippen LogP contribution in [0.25, 0.3) is 23.0 Å². The van der Waals surface area contributed by atoms with E-state index in [1.165, 1.54) is 18.2 Å². The molecule has 4 aromatic rings. The van der Waals surface area contributed by atoms with Crippen LogP contribution >= 0.6 is 0 Å². The first kappa shape index (κ1) is 17.6. The number of carbonyl (C=O) groups excluding carboxylic acids is 1. The van der Waals surface area contributed by atoms with E-state index in [0.29, 0.717) is 28.9 Å². The van der Waals surface area contributed by atoms with Gasteiger partial charge in [-0.05, 0) is 37.3 Å². The number of carbonyl (C=O) groups is 1. The maximum absolute atomic E-state index is 13.2. The molecule has 0 saturated carbocycles. The van der Waals surface area contributed by atoms with Gasteiger partial charge in [0.1, 0.15) is 23.9 Å². The monoisotopic (exact) mass is 377 g/mol. The maximum atomic E-state index is 13.2. The van der Waals surface area contributed by atoms with Crippen molar-refractivity contribution < 1.29 is 13.7 Å². The van der Waals surface area contributed by atoms with Crippen LogP contribution in [0.3, 0.4) is 0 Å². The summed E-state index contributed by atoms with van der Waals surface area (Å²) < 4.78 is 20.2. The molecule has 0 saturated heterocycles. The third-order valence-corrected chi connectivity index (χ3v) is 4.07. The van der Waals surface area contributed by atoms with Crippen LogP contribution in [0, 0.1) is 12.7 Å². The molecule has 8 heteroatoms. The van der Waals surface area contributed by atoms with Gasteiger partial charge in [-0.15, -0.1) is 0 Å². The summed E-state index contributed by atoms with van der Waals surface area (Å²) in [4.78, 5) is 21.0. The SMILES string of the molecule is Cc1nc(-c2noc(-c3ccccc3)n2)cn1CC(=O)Nc1cccc(F)c1. The molecule has 4 rings (SSSR count). The van der Waals surface area contributed by atoms with Crippen molar-refractivity contribution >= 4 is 11.6 Å². The number of aromatic nitrogens is 4. The topological polar surface area (TPSA) is 85.8 Å². The van der Waals surface area contributed by atoms with Gasteiger partial charge in [0.05, 0.1) is 0 Å². The second-order valence-corrected chi connectivity index (χ2v) is 6.15. The van der Waals surface area contributed by atoms with Gasteiger partial charge in [0.2, 0.25) is 11.7 Å². The lowest BCUT2D eigenvalue weighted by Crippen LogP contribution is -2.19. The zero-order valence-electron chi connectivity index (χ0n) is 15.0. The quantitative estimate of drug-likeness (QED) is 0.573. The Labute approximate surface area is 159 Å². The largest absolute Gasteiger partial charge is 0.334 e. The number of nitrogens with one attached hydrogen (secondary N) is 1. The van der Waals surface area contributed by atoms with Crippen molar-refractivity contribution in [2.45, 2.75) is 13.5 Å². The Hall–Kier alpha value is -3.81. The average molecular weight is 377 g/mol. The number of nitrogens with zero attached hydrogens (tertiary/aromatic N) is 4. The molecular weight excluding hydrogens is 361 g/mol. The smallest absolute Gasteiger partial charge is 0.258 e. The lowest BCUT2D eigenvalue weighted by Gasteiger charge is -2.07. The van der Waals surface area contributed by atoms with Crippen molar-refractivity contribution in [1.29, 1.82) is 0 Å². The molecule has 140 valence electrons. The first-order chi connectivity index (χ1) is 13.6. The molecule has 28 heavy (non-hydrogen) atoms. The van der Waals surface area contributed by atoms with Crippen molar-refractivity contribution in [1.82, 2.24) is 19.7 Å². The van der Waals surface area contributed by atoms with Crippen LogP contribution in [-0.4, -0.2) is 25.6 Å². The van der Waals surface area contributed by atoms with Crippen LogP contribution in [-0.2, 0) is 11.3 Å². The van der Waals surface area contributed by atoms with Gasteiger partial charge >= 0.3 is 0 Å². The molecule has 0 aliphatic carbocycles. The van der Waals surface area contributed by atoms with Crippen LogP contribution in [0.15, 0.2) is 65.3 Å². The second-order valence-electron chi connectivity index (χ2n) is 6.15. The first-order valence-electron chi connectivity index (χ1n) is 8.57. The summed E-state index contributed by atoms with van der Waals surface area (Å²) in [5.74, 6) is 0.648. The molecule has 2 aromatic heterocycles. The fourth-order valence-electron chi connectivity index (χ4n) is 2.72. The van der Waals surface area contributed by atoms with Crippen molar-refractivity contribution in [3.63, 3.8) is 0 Å². The zero-order valence-corrected chi connectivity index (χ0v) is 15.0. The summed E-state index contributed by atoms with van der Waals surface area (Å²) in [6.07, 6.45) is 1.68. The molecule has 0 unspecified atom stereocenters. The molecule has 1 N–H and O–H groups in total. The normalized spacial score (nSPS) is 10.8. The van der Waals surface area contributed by atoms with Gasteiger partial charge in [0.15, 0.2) is 0 Å². The lowest BCUT2D eigenvalue weighted by atomic mass is 10.2. The number of rotatable bonds is 5. The van der Waals surface area contributed by atoms with Crippen LogP contribution in [0.4, 0.5) is 10.1 Å². The fourth-order valence-corrected chi connectivity index (χ4v) is 2.72. The number of imidazole rings is 1. The van der Waals surface area contributed by atoms with Gasteiger partial charge < -0.3 is 14.4 Å². The average Bonchev–Trinajstić information content (AvgIpc) is 3.30. The lowest BCUT2D eigenvalue weighted by molar-refractivity contribution is -0.116.